The van der Waals surface area contributed by atoms with Crippen LogP contribution in [-0.2, 0) is 4.79 Å². The molecule has 0 unspecified atom stereocenters. The molecule has 25 heavy (non-hydrogen) atoms. The molecule has 0 saturated carbocycles. The standard InChI is InChI=1S/C18H17BrN2O4/c1-11-3-5-15(12(2)7-11)20-18(24)21-17(23)10-25-16-6-4-13(9-22)8-14(16)19/h3-9H,10H2,1-2H3,(H2,20,21,23,24). The third kappa shape index (κ3) is 5.42. The molecule has 2 aromatic rings. The average Bonchev–Trinajstić information content (AvgIpc) is 2.56. The maximum Gasteiger partial charge on any atom is 0.325 e. The molecule has 0 bridgehead atoms. The molecule has 0 saturated heterocycles. The Balaban J connectivity index is 1.87. The van der Waals surface area contributed by atoms with Gasteiger partial charge in [0, 0.05) is 11.3 Å². The van der Waals surface area contributed by atoms with Crippen LogP contribution in [0.15, 0.2) is 40.9 Å². The third-order valence-electron chi connectivity index (χ3n) is 3.33. The second-order valence-corrected chi connectivity index (χ2v) is 6.27. The van der Waals surface area contributed by atoms with Crippen LogP contribution in [0.5, 0.6) is 5.75 Å². The zero-order valence-electron chi connectivity index (χ0n) is 13.8. The Morgan fingerprint density at radius 3 is 2.56 bits per heavy atom. The Morgan fingerprint density at radius 2 is 1.92 bits per heavy atom. The van der Waals surface area contributed by atoms with Gasteiger partial charge in [0.15, 0.2) is 6.61 Å². The van der Waals surface area contributed by atoms with E-state index in [-0.39, 0.29) is 6.61 Å². The van der Waals surface area contributed by atoms with Crippen LogP contribution in [-0.4, -0.2) is 24.8 Å². The van der Waals surface area contributed by atoms with Crippen molar-refractivity contribution in [2.45, 2.75) is 13.8 Å². The van der Waals surface area contributed by atoms with E-state index < -0.39 is 11.9 Å². The zero-order chi connectivity index (χ0) is 18.4. The number of carbonyl (C=O) groups is 3. The number of anilines is 1. The summed E-state index contributed by atoms with van der Waals surface area (Å²) in [7, 11) is 0. The Bertz CT molecular complexity index is 821. The molecule has 7 heteroatoms. The molecule has 2 rings (SSSR count). The lowest BCUT2D eigenvalue weighted by atomic mass is 10.1. The van der Waals surface area contributed by atoms with Crippen molar-refractivity contribution in [1.29, 1.82) is 0 Å². The van der Waals surface area contributed by atoms with Crippen molar-refractivity contribution in [2.75, 3.05) is 11.9 Å². The van der Waals surface area contributed by atoms with E-state index in [0.717, 1.165) is 11.1 Å². The van der Waals surface area contributed by atoms with Gasteiger partial charge in [-0.15, -0.1) is 0 Å². The van der Waals surface area contributed by atoms with Crippen LogP contribution in [0.25, 0.3) is 0 Å². The maximum atomic E-state index is 11.9. The Hall–Kier alpha value is -2.67. The second-order valence-electron chi connectivity index (χ2n) is 5.42. The minimum atomic E-state index is -0.629. The van der Waals surface area contributed by atoms with E-state index in [1.54, 1.807) is 24.3 Å². The number of nitrogens with one attached hydrogen (secondary N) is 2. The van der Waals surface area contributed by atoms with Gasteiger partial charge < -0.3 is 10.1 Å². The summed E-state index contributed by atoms with van der Waals surface area (Å²) < 4.78 is 5.88. The van der Waals surface area contributed by atoms with E-state index in [1.165, 1.54) is 0 Å². The number of carbonyl (C=O) groups excluding carboxylic acids is 3. The van der Waals surface area contributed by atoms with E-state index in [9.17, 15) is 14.4 Å². The van der Waals surface area contributed by atoms with Gasteiger partial charge in [0.25, 0.3) is 5.91 Å². The van der Waals surface area contributed by atoms with Crippen molar-refractivity contribution in [2.24, 2.45) is 0 Å². The number of halogens is 1. The minimum Gasteiger partial charge on any atom is -0.483 e. The molecule has 0 radical (unpaired) electrons. The van der Waals surface area contributed by atoms with Gasteiger partial charge in [-0.1, -0.05) is 17.7 Å². The van der Waals surface area contributed by atoms with Crippen molar-refractivity contribution < 1.29 is 19.1 Å². The van der Waals surface area contributed by atoms with E-state index in [2.05, 4.69) is 26.6 Å². The molecule has 3 amide bonds. The third-order valence-corrected chi connectivity index (χ3v) is 3.95. The van der Waals surface area contributed by atoms with Gasteiger partial charge in [0.2, 0.25) is 0 Å². The van der Waals surface area contributed by atoms with E-state index in [1.807, 2.05) is 26.0 Å². The van der Waals surface area contributed by atoms with Crippen molar-refractivity contribution >= 4 is 39.8 Å². The molecule has 0 spiro atoms. The van der Waals surface area contributed by atoms with Crippen LogP contribution in [0.3, 0.4) is 0 Å². The Morgan fingerprint density at radius 1 is 1.16 bits per heavy atom. The fourth-order valence-electron chi connectivity index (χ4n) is 2.12. The first-order valence-electron chi connectivity index (χ1n) is 7.44. The van der Waals surface area contributed by atoms with Gasteiger partial charge in [0.05, 0.1) is 4.47 Å². The number of hydrogen-bond acceptors (Lipinski definition) is 4. The van der Waals surface area contributed by atoms with Gasteiger partial charge >= 0.3 is 6.03 Å². The quantitative estimate of drug-likeness (QED) is 0.745. The Kier molecular flexibility index (Phi) is 6.30. The van der Waals surface area contributed by atoms with Crippen molar-refractivity contribution in [3.8, 4) is 5.75 Å². The van der Waals surface area contributed by atoms with Crippen molar-refractivity contribution in [3.63, 3.8) is 0 Å². The number of amides is 3. The molecular weight excluding hydrogens is 388 g/mol. The van der Waals surface area contributed by atoms with Crippen LogP contribution in [0.1, 0.15) is 21.5 Å². The molecule has 2 aromatic carbocycles. The summed E-state index contributed by atoms with van der Waals surface area (Å²) in [5, 5.41) is 4.82. The molecular formula is C18H17BrN2O4. The van der Waals surface area contributed by atoms with Gasteiger partial charge in [-0.2, -0.15) is 0 Å². The highest BCUT2D eigenvalue weighted by molar-refractivity contribution is 9.10. The van der Waals surface area contributed by atoms with E-state index in [0.29, 0.717) is 27.8 Å². The lowest BCUT2D eigenvalue weighted by molar-refractivity contribution is -0.121. The summed E-state index contributed by atoms with van der Waals surface area (Å²) in [4.78, 5) is 34.4. The largest absolute Gasteiger partial charge is 0.483 e. The highest BCUT2D eigenvalue weighted by Gasteiger charge is 2.11. The maximum absolute atomic E-state index is 11.9. The summed E-state index contributed by atoms with van der Waals surface area (Å²) in [5.74, 6) is -0.191. The van der Waals surface area contributed by atoms with Crippen LogP contribution >= 0.6 is 15.9 Å². The van der Waals surface area contributed by atoms with Crippen molar-refractivity contribution in [3.05, 3.63) is 57.6 Å². The Labute approximate surface area is 153 Å². The second kappa shape index (κ2) is 8.43. The monoisotopic (exact) mass is 404 g/mol. The molecule has 0 heterocycles. The topological polar surface area (TPSA) is 84.5 Å². The number of aryl methyl sites for hydroxylation is 2. The molecule has 2 N–H and O–H groups in total. The lowest BCUT2D eigenvalue weighted by Gasteiger charge is -2.11. The number of imide groups is 1. The van der Waals surface area contributed by atoms with Crippen LogP contribution in [0.4, 0.5) is 10.5 Å². The molecule has 0 fully saturated rings. The summed E-state index contributed by atoms with van der Waals surface area (Å²) >= 11 is 3.25. The first kappa shape index (κ1) is 18.7. The minimum absolute atomic E-state index is 0.334. The van der Waals surface area contributed by atoms with E-state index in [4.69, 9.17) is 4.74 Å². The first-order valence-corrected chi connectivity index (χ1v) is 8.24. The smallest absolute Gasteiger partial charge is 0.325 e. The first-order chi connectivity index (χ1) is 11.9. The molecule has 0 aliphatic heterocycles. The number of aldehydes is 1. The summed E-state index contributed by atoms with van der Waals surface area (Å²) in [6.07, 6.45) is 0.707. The fraction of sp³-hybridized carbons (Fsp3) is 0.167. The van der Waals surface area contributed by atoms with Gasteiger partial charge in [-0.25, -0.2) is 4.79 Å². The summed E-state index contributed by atoms with van der Waals surface area (Å²) in [6.45, 7) is 3.49. The van der Waals surface area contributed by atoms with Crippen molar-refractivity contribution in [1.82, 2.24) is 5.32 Å². The van der Waals surface area contributed by atoms with Crippen LogP contribution < -0.4 is 15.4 Å². The predicted octanol–water partition coefficient (Wildman–Crippen LogP) is 3.61. The van der Waals surface area contributed by atoms with E-state index >= 15 is 0 Å². The fourth-order valence-corrected chi connectivity index (χ4v) is 2.63. The lowest BCUT2D eigenvalue weighted by Crippen LogP contribution is -2.37. The predicted molar refractivity (Wildman–Crippen MR) is 98.1 cm³/mol. The average molecular weight is 405 g/mol. The SMILES string of the molecule is Cc1ccc(NC(=O)NC(=O)COc2ccc(C=O)cc2Br)c(C)c1. The van der Waals surface area contributed by atoms with Crippen LogP contribution in [0, 0.1) is 13.8 Å². The highest BCUT2D eigenvalue weighted by Crippen LogP contribution is 2.25. The molecule has 0 atom stereocenters. The van der Waals surface area contributed by atoms with Crippen LogP contribution in [0.2, 0.25) is 0 Å². The number of ether oxygens (including phenoxy) is 1. The molecule has 0 aliphatic rings. The normalized spacial score (nSPS) is 10.0. The number of urea groups is 1. The number of hydrogen-bond donors (Lipinski definition) is 2. The molecule has 0 aliphatic carbocycles. The van der Waals surface area contributed by atoms with Gasteiger partial charge in [-0.3, -0.25) is 14.9 Å². The molecule has 6 nitrogen and oxygen atoms in total. The van der Waals surface area contributed by atoms with Gasteiger partial charge in [-0.05, 0) is 59.6 Å². The summed E-state index contributed by atoms with van der Waals surface area (Å²) in [5.41, 5.74) is 3.10. The highest BCUT2D eigenvalue weighted by atomic mass is 79.9. The summed E-state index contributed by atoms with van der Waals surface area (Å²) in [6, 6.07) is 9.66. The van der Waals surface area contributed by atoms with Gasteiger partial charge in [0.1, 0.15) is 12.0 Å². The number of benzene rings is 2. The molecule has 0 aromatic heterocycles. The zero-order valence-corrected chi connectivity index (χ0v) is 15.3. The number of rotatable bonds is 5. The molecule has 130 valence electrons.